The molecular formula is C22H26N3O3+. The van der Waals surface area contributed by atoms with E-state index in [2.05, 4.69) is 4.90 Å². The van der Waals surface area contributed by atoms with E-state index in [0.717, 1.165) is 37.4 Å². The number of hydrogen-bond donors (Lipinski definition) is 2. The molecule has 0 radical (unpaired) electrons. The predicted octanol–water partition coefficient (Wildman–Crippen LogP) is 0.467. The molecule has 146 valence electrons. The minimum absolute atomic E-state index is 0.0194. The molecule has 2 amide bonds. The summed E-state index contributed by atoms with van der Waals surface area (Å²) in [6.45, 7) is 3.80. The molecule has 2 saturated heterocycles. The van der Waals surface area contributed by atoms with Gasteiger partial charge in [-0.05, 0) is 36.2 Å². The number of likely N-dealkylation sites (tertiary alicyclic amines) is 1. The number of imide groups is 1. The summed E-state index contributed by atoms with van der Waals surface area (Å²) in [6.07, 6.45) is 1.02. The van der Waals surface area contributed by atoms with Crippen LogP contribution in [0.3, 0.4) is 0 Å². The normalized spacial score (nSPS) is 20.8. The van der Waals surface area contributed by atoms with Crippen LogP contribution in [0.5, 0.6) is 5.75 Å². The predicted molar refractivity (Wildman–Crippen MR) is 106 cm³/mol. The van der Waals surface area contributed by atoms with Crippen LogP contribution in [0.25, 0.3) is 0 Å². The van der Waals surface area contributed by atoms with Crippen molar-refractivity contribution >= 4 is 17.5 Å². The van der Waals surface area contributed by atoms with E-state index in [0.29, 0.717) is 19.4 Å². The van der Waals surface area contributed by atoms with Crippen molar-refractivity contribution < 1.29 is 19.6 Å². The monoisotopic (exact) mass is 380 g/mol. The first kappa shape index (κ1) is 18.5. The summed E-state index contributed by atoms with van der Waals surface area (Å²) in [5, 5.41) is 9.44. The van der Waals surface area contributed by atoms with Crippen molar-refractivity contribution in [1.29, 1.82) is 0 Å². The van der Waals surface area contributed by atoms with Gasteiger partial charge in [0.2, 0.25) is 5.91 Å². The van der Waals surface area contributed by atoms with Gasteiger partial charge in [-0.2, -0.15) is 0 Å². The highest BCUT2D eigenvalue weighted by Gasteiger charge is 2.45. The van der Waals surface area contributed by atoms with Gasteiger partial charge in [0, 0.05) is 12.2 Å². The minimum Gasteiger partial charge on any atom is -0.508 e. The maximum atomic E-state index is 12.9. The number of nitrogens with zero attached hydrogens (tertiary/aromatic N) is 2. The topological polar surface area (TPSA) is 65.3 Å². The summed E-state index contributed by atoms with van der Waals surface area (Å²) in [5.74, 6) is 0.201. The lowest BCUT2D eigenvalue weighted by molar-refractivity contribution is -0.915. The highest BCUT2D eigenvalue weighted by atomic mass is 16.3. The number of hydrogen-bond acceptors (Lipinski definition) is 4. The smallest absolute Gasteiger partial charge is 0.288 e. The zero-order chi connectivity index (χ0) is 19.5. The number of phenols is 1. The number of carbonyl (C=O) groups excluding carboxylic acids is 2. The largest absolute Gasteiger partial charge is 0.508 e. The third-order valence-electron chi connectivity index (χ3n) is 5.82. The fourth-order valence-corrected chi connectivity index (χ4v) is 4.19. The molecule has 0 aliphatic carbocycles. The molecule has 2 heterocycles. The number of piperazine rings is 1. The van der Waals surface area contributed by atoms with Gasteiger partial charge in [-0.25, -0.2) is 0 Å². The Bertz CT molecular complexity index is 830. The van der Waals surface area contributed by atoms with Crippen molar-refractivity contribution in [2.45, 2.75) is 18.9 Å². The van der Waals surface area contributed by atoms with E-state index in [1.165, 1.54) is 9.80 Å². The maximum absolute atomic E-state index is 12.9. The standard InChI is InChI=1S/C22H25N3O3/c26-19-8-6-18(7-9-19)23-12-14-24(15-13-23)20-16-21(27)25(22(20)28)11-10-17-4-2-1-3-5-17/h1-9,20,26H,10-16H2/p+1/t20-/m1/s1. The minimum atomic E-state index is -0.245. The molecule has 28 heavy (non-hydrogen) atoms. The molecule has 2 aromatic carbocycles. The van der Waals surface area contributed by atoms with Crippen LogP contribution in [-0.4, -0.2) is 60.6 Å². The molecule has 2 aliphatic rings. The summed E-state index contributed by atoms with van der Waals surface area (Å²) < 4.78 is 0. The van der Waals surface area contributed by atoms with Gasteiger partial charge in [0.25, 0.3) is 5.91 Å². The molecule has 2 aromatic rings. The second kappa shape index (κ2) is 8.02. The summed E-state index contributed by atoms with van der Waals surface area (Å²) in [5.41, 5.74) is 2.22. The van der Waals surface area contributed by atoms with Gasteiger partial charge in [0.1, 0.15) is 5.75 Å². The molecule has 0 unspecified atom stereocenters. The number of quaternary nitrogens is 1. The third kappa shape index (κ3) is 3.87. The van der Waals surface area contributed by atoms with Crippen molar-refractivity contribution in [2.75, 3.05) is 37.6 Å². The molecule has 2 N–H and O–H groups in total. The van der Waals surface area contributed by atoms with Crippen LogP contribution in [0.15, 0.2) is 54.6 Å². The van der Waals surface area contributed by atoms with Crippen molar-refractivity contribution in [1.82, 2.24) is 4.90 Å². The van der Waals surface area contributed by atoms with Crippen molar-refractivity contribution in [3.63, 3.8) is 0 Å². The van der Waals surface area contributed by atoms with E-state index in [1.807, 2.05) is 42.5 Å². The van der Waals surface area contributed by atoms with Crippen LogP contribution < -0.4 is 9.80 Å². The Morgan fingerprint density at radius 3 is 2.32 bits per heavy atom. The number of anilines is 1. The summed E-state index contributed by atoms with van der Waals surface area (Å²) in [4.78, 5) is 30.2. The number of benzene rings is 2. The van der Waals surface area contributed by atoms with Crippen LogP contribution >= 0.6 is 0 Å². The van der Waals surface area contributed by atoms with Gasteiger partial charge in [0.05, 0.1) is 32.6 Å². The Morgan fingerprint density at radius 2 is 1.64 bits per heavy atom. The molecule has 4 rings (SSSR count). The molecule has 6 heteroatoms. The first-order chi connectivity index (χ1) is 13.6. The second-order valence-electron chi connectivity index (χ2n) is 7.54. The molecule has 2 fully saturated rings. The number of nitrogens with one attached hydrogen (secondary N) is 1. The summed E-state index contributed by atoms with van der Waals surface area (Å²) >= 11 is 0. The molecule has 1 atom stereocenters. The quantitative estimate of drug-likeness (QED) is 0.740. The Balaban J connectivity index is 1.33. The number of amides is 2. The van der Waals surface area contributed by atoms with Crippen molar-refractivity contribution in [3.05, 3.63) is 60.2 Å². The number of phenolic OH excluding ortho intramolecular Hbond substituents is 1. The molecule has 2 aliphatic heterocycles. The number of aromatic hydroxyl groups is 1. The Kier molecular flexibility index (Phi) is 5.30. The van der Waals surface area contributed by atoms with Crippen molar-refractivity contribution in [2.24, 2.45) is 0 Å². The molecular weight excluding hydrogens is 354 g/mol. The molecule has 0 spiro atoms. The molecule has 0 bridgehead atoms. The van der Waals surface area contributed by atoms with Gasteiger partial charge in [-0.3, -0.25) is 14.5 Å². The van der Waals surface area contributed by atoms with Crippen LogP contribution in [-0.2, 0) is 16.0 Å². The average molecular weight is 380 g/mol. The average Bonchev–Trinajstić information content (AvgIpc) is 3.01. The van der Waals surface area contributed by atoms with Crippen LogP contribution in [0.2, 0.25) is 0 Å². The first-order valence-electron chi connectivity index (χ1n) is 9.88. The van der Waals surface area contributed by atoms with E-state index >= 15 is 0 Å². The van der Waals surface area contributed by atoms with Gasteiger partial charge < -0.3 is 14.9 Å². The Morgan fingerprint density at radius 1 is 0.964 bits per heavy atom. The van der Waals surface area contributed by atoms with Crippen LogP contribution in [0.1, 0.15) is 12.0 Å². The SMILES string of the molecule is O=C1C[C@@H]([NH+]2CCN(c3ccc(O)cc3)CC2)C(=O)N1CCc1ccccc1. The van der Waals surface area contributed by atoms with E-state index in [9.17, 15) is 14.7 Å². The molecule has 6 nitrogen and oxygen atoms in total. The zero-order valence-corrected chi connectivity index (χ0v) is 15.9. The molecule has 0 saturated carbocycles. The van der Waals surface area contributed by atoms with Crippen LogP contribution in [0, 0.1) is 0 Å². The highest BCUT2D eigenvalue weighted by Crippen LogP contribution is 2.19. The van der Waals surface area contributed by atoms with Gasteiger partial charge >= 0.3 is 0 Å². The summed E-state index contributed by atoms with van der Waals surface area (Å²) in [7, 11) is 0. The third-order valence-corrected chi connectivity index (χ3v) is 5.82. The van der Waals surface area contributed by atoms with Crippen LogP contribution in [0.4, 0.5) is 5.69 Å². The first-order valence-corrected chi connectivity index (χ1v) is 9.88. The van der Waals surface area contributed by atoms with Gasteiger partial charge in [-0.15, -0.1) is 0 Å². The maximum Gasteiger partial charge on any atom is 0.288 e. The lowest BCUT2D eigenvalue weighted by Gasteiger charge is -2.35. The number of carbonyl (C=O) groups is 2. The zero-order valence-electron chi connectivity index (χ0n) is 15.9. The van der Waals surface area contributed by atoms with E-state index in [-0.39, 0.29) is 23.6 Å². The number of rotatable bonds is 5. The van der Waals surface area contributed by atoms with E-state index in [4.69, 9.17) is 0 Å². The lowest BCUT2D eigenvalue weighted by atomic mass is 10.1. The Hall–Kier alpha value is -2.86. The molecule has 0 aromatic heterocycles. The lowest BCUT2D eigenvalue weighted by Crippen LogP contribution is -3.19. The highest BCUT2D eigenvalue weighted by molar-refractivity contribution is 6.04. The Labute approximate surface area is 165 Å². The van der Waals surface area contributed by atoms with E-state index < -0.39 is 0 Å². The van der Waals surface area contributed by atoms with Gasteiger partial charge in [-0.1, -0.05) is 30.3 Å². The summed E-state index contributed by atoms with van der Waals surface area (Å²) in [6, 6.07) is 16.9. The van der Waals surface area contributed by atoms with Crippen molar-refractivity contribution in [3.8, 4) is 5.75 Å². The van der Waals surface area contributed by atoms with E-state index in [1.54, 1.807) is 12.1 Å². The second-order valence-corrected chi connectivity index (χ2v) is 7.54. The fraction of sp³-hybridized carbons (Fsp3) is 0.364. The van der Waals surface area contributed by atoms with Gasteiger partial charge in [0.15, 0.2) is 6.04 Å². The fourth-order valence-electron chi connectivity index (χ4n) is 4.19.